The SMILES string of the molecule is CC(C)(C)C1CCc2c(sc(I)c2C(=O)O)C1. The van der Waals surface area contributed by atoms with Crippen LogP contribution >= 0.6 is 33.9 Å². The molecule has 4 heteroatoms. The van der Waals surface area contributed by atoms with Gasteiger partial charge in [0.05, 0.1) is 8.45 Å². The van der Waals surface area contributed by atoms with E-state index in [0.717, 1.165) is 27.7 Å². The fourth-order valence-electron chi connectivity index (χ4n) is 2.50. The molecule has 1 N–H and O–H groups in total. The number of carboxylic acid groups (broad SMARTS) is 1. The smallest absolute Gasteiger partial charge is 0.337 e. The maximum Gasteiger partial charge on any atom is 0.337 e. The van der Waals surface area contributed by atoms with E-state index in [9.17, 15) is 9.90 Å². The number of carboxylic acids is 1. The van der Waals surface area contributed by atoms with E-state index in [-0.39, 0.29) is 0 Å². The van der Waals surface area contributed by atoms with E-state index in [1.807, 2.05) is 0 Å². The van der Waals surface area contributed by atoms with Crippen LogP contribution < -0.4 is 0 Å². The van der Waals surface area contributed by atoms with Crippen LogP contribution in [-0.4, -0.2) is 11.1 Å². The van der Waals surface area contributed by atoms with Crippen molar-refractivity contribution in [2.45, 2.75) is 40.0 Å². The van der Waals surface area contributed by atoms with Crippen LogP contribution in [-0.2, 0) is 12.8 Å². The number of thiophene rings is 1. The maximum atomic E-state index is 11.2. The predicted molar refractivity (Wildman–Crippen MR) is 79.0 cm³/mol. The number of halogens is 1. The number of rotatable bonds is 1. The highest BCUT2D eigenvalue weighted by Gasteiger charge is 2.33. The molecule has 1 aromatic rings. The lowest BCUT2D eigenvalue weighted by Crippen LogP contribution is -2.26. The summed E-state index contributed by atoms with van der Waals surface area (Å²) in [6.45, 7) is 6.83. The minimum atomic E-state index is -0.763. The van der Waals surface area contributed by atoms with Crippen LogP contribution in [0.2, 0.25) is 0 Å². The van der Waals surface area contributed by atoms with Crippen molar-refractivity contribution >= 4 is 39.9 Å². The van der Waals surface area contributed by atoms with Crippen LogP contribution in [0, 0.1) is 14.2 Å². The molecule has 0 saturated heterocycles. The molecule has 0 aliphatic heterocycles. The van der Waals surface area contributed by atoms with Crippen molar-refractivity contribution in [3.63, 3.8) is 0 Å². The zero-order valence-corrected chi connectivity index (χ0v) is 13.3. The van der Waals surface area contributed by atoms with E-state index >= 15 is 0 Å². The average molecular weight is 364 g/mol. The lowest BCUT2D eigenvalue weighted by molar-refractivity contribution is 0.0694. The Labute approximate surface area is 120 Å². The standard InChI is InChI=1S/C13H17IO2S/c1-13(2,3)7-4-5-8-9(6-7)17-11(14)10(8)12(15)16/h7H,4-6H2,1-3H3,(H,15,16). The highest BCUT2D eigenvalue weighted by molar-refractivity contribution is 14.1. The minimum absolute atomic E-state index is 0.316. The molecule has 0 amide bonds. The fraction of sp³-hybridized carbons (Fsp3) is 0.615. The highest BCUT2D eigenvalue weighted by atomic mass is 127. The minimum Gasteiger partial charge on any atom is -0.478 e. The number of carbonyl (C=O) groups is 1. The van der Waals surface area contributed by atoms with Gasteiger partial charge in [-0.1, -0.05) is 20.8 Å². The molecule has 1 atom stereocenters. The van der Waals surface area contributed by atoms with Gasteiger partial charge in [0.2, 0.25) is 0 Å². The summed E-state index contributed by atoms with van der Waals surface area (Å²) < 4.78 is 0.939. The maximum absolute atomic E-state index is 11.2. The molecule has 2 nitrogen and oxygen atoms in total. The molecular formula is C13H17IO2S. The van der Waals surface area contributed by atoms with E-state index < -0.39 is 5.97 Å². The van der Waals surface area contributed by atoms with Crippen LogP contribution in [0.15, 0.2) is 0 Å². The van der Waals surface area contributed by atoms with Gasteiger partial charge in [0.1, 0.15) is 0 Å². The Morgan fingerprint density at radius 1 is 1.47 bits per heavy atom. The van der Waals surface area contributed by atoms with Gasteiger partial charge in [-0.2, -0.15) is 0 Å². The van der Waals surface area contributed by atoms with Crippen molar-refractivity contribution in [1.29, 1.82) is 0 Å². The van der Waals surface area contributed by atoms with Gasteiger partial charge in [-0.3, -0.25) is 0 Å². The first-order chi connectivity index (χ1) is 7.80. The number of hydrogen-bond acceptors (Lipinski definition) is 2. The molecule has 0 radical (unpaired) electrons. The molecule has 1 unspecified atom stereocenters. The molecule has 1 aliphatic carbocycles. The first kappa shape index (κ1) is 13.3. The quantitative estimate of drug-likeness (QED) is 0.759. The van der Waals surface area contributed by atoms with Gasteiger partial charge < -0.3 is 5.11 Å². The Bertz CT molecular complexity index is 457. The normalized spacial score (nSPS) is 20.1. The monoisotopic (exact) mass is 364 g/mol. The van der Waals surface area contributed by atoms with Gasteiger partial charge in [0.25, 0.3) is 0 Å². The van der Waals surface area contributed by atoms with Gasteiger partial charge in [-0.25, -0.2) is 4.79 Å². The Morgan fingerprint density at radius 2 is 2.12 bits per heavy atom. The van der Waals surface area contributed by atoms with Gasteiger partial charge in [0, 0.05) is 4.88 Å². The molecule has 0 spiro atoms. The summed E-state index contributed by atoms with van der Waals surface area (Å²) in [6, 6.07) is 0. The molecule has 0 fully saturated rings. The van der Waals surface area contributed by atoms with Crippen molar-refractivity contribution in [1.82, 2.24) is 0 Å². The molecule has 17 heavy (non-hydrogen) atoms. The molecular weight excluding hydrogens is 347 g/mol. The number of fused-ring (bicyclic) bond motifs is 1. The Balaban J connectivity index is 2.35. The second kappa shape index (κ2) is 4.53. The van der Waals surface area contributed by atoms with E-state index in [1.54, 1.807) is 11.3 Å². The molecule has 94 valence electrons. The van der Waals surface area contributed by atoms with Crippen molar-refractivity contribution in [2.24, 2.45) is 11.3 Å². The predicted octanol–water partition coefficient (Wildman–Crippen LogP) is 4.20. The van der Waals surface area contributed by atoms with E-state index in [4.69, 9.17) is 0 Å². The van der Waals surface area contributed by atoms with Crippen LogP contribution in [0.1, 0.15) is 48.0 Å². The van der Waals surface area contributed by atoms with Crippen molar-refractivity contribution in [3.05, 3.63) is 18.9 Å². The van der Waals surface area contributed by atoms with Crippen LogP contribution in [0.5, 0.6) is 0 Å². The van der Waals surface area contributed by atoms with Crippen molar-refractivity contribution < 1.29 is 9.90 Å². The lowest BCUT2D eigenvalue weighted by Gasteiger charge is -2.33. The zero-order chi connectivity index (χ0) is 12.8. The zero-order valence-electron chi connectivity index (χ0n) is 10.3. The highest BCUT2D eigenvalue weighted by Crippen LogP contribution is 2.42. The lowest BCUT2D eigenvalue weighted by atomic mass is 9.72. The molecule has 2 rings (SSSR count). The fourth-order valence-corrected chi connectivity index (χ4v) is 5.00. The molecule has 1 aromatic heterocycles. The second-order valence-corrected chi connectivity index (χ2v) is 8.68. The summed E-state index contributed by atoms with van der Waals surface area (Å²) in [5, 5.41) is 9.24. The first-order valence-electron chi connectivity index (χ1n) is 5.84. The summed E-state index contributed by atoms with van der Waals surface area (Å²) in [7, 11) is 0. The average Bonchev–Trinajstić information content (AvgIpc) is 2.50. The largest absolute Gasteiger partial charge is 0.478 e. The Hall–Kier alpha value is -0.100. The third kappa shape index (κ3) is 2.52. The van der Waals surface area contributed by atoms with Crippen molar-refractivity contribution in [3.8, 4) is 0 Å². The molecule has 1 heterocycles. The molecule has 1 aliphatic rings. The second-order valence-electron chi connectivity index (χ2n) is 5.76. The number of hydrogen-bond donors (Lipinski definition) is 1. The summed E-state index contributed by atoms with van der Waals surface area (Å²) in [5.74, 6) is -0.0906. The van der Waals surface area contributed by atoms with E-state index in [2.05, 4.69) is 43.4 Å². The molecule has 0 bridgehead atoms. The van der Waals surface area contributed by atoms with Crippen molar-refractivity contribution in [2.75, 3.05) is 0 Å². The molecule has 0 aromatic carbocycles. The van der Waals surface area contributed by atoms with Crippen LogP contribution in [0.3, 0.4) is 0 Å². The third-order valence-corrected chi connectivity index (χ3v) is 5.90. The number of aromatic carboxylic acids is 1. The van der Waals surface area contributed by atoms with Gasteiger partial charge >= 0.3 is 5.97 Å². The summed E-state index contributed by atoms with van der Waals surface area (Å²) in [4.78, 5) is 12.5. The Morgan fingerprint density at radius 3 is 2.65 bits per heavy atom. The summed E-state index contributed by atoms with van der Waals surface area (Å²) in [5.41, 5.74) is 1.99. The Kier molecular flexibility index (Phi) is 3.56. The van der Waals surface area contributed by atoms with E-state index in [1.165, 1.54) is 4.88 Å². The summed E-state index contributed by atoms with van der Waals surface area (Å²) in [6.07, 6.45) is 3.09. The van der Waals surface area contributed by atoms with Gasteiger partial charge in [-0.15, -0.1) is 11.3 Å². The topological polar surface area (TPSA) is 37.3 Å². The van der Waals surface area contributed by atoms with Gasteiger partial charge in [0.15, 0.2) is 0 Å². The summed E-state index contributed by atoms with van der Waals surface area (Å²) >= 11 is 3.83. The van der Waals surface area contributed by atoms with Crippen LogP contribution in [0.25, 0.3) is 0 Å². The first-order valence-corrected chi connectivity index (χ1v) is 7.73. The molecule has 0 saturated carbocycles. The van der Waals surface area contributed by atoms with Crippen LogP contribution in [0.4, 0.5) is 0 Å². The third-order valence-electron chi connectivity index (χ3n) is 3.66. The van der Waals surface area contributed by atoms with E-state index in [0.29, 0.717) is 16.9 Å². The van der Waals surface area contributed by atoms with Gasteiger partial charge in [-0.05, 0) is 58.7 Å².